The average molecular weight is 549 g/mol. The Kier molecular flexibility index (Phi) is 6.82. The topological polar surface area (TPSA) is 110 Å². The van der Waals surface area contributed by atoms with Gasteiger partial charge in [0.1, 0.15) is 22.7 Å². The molecule has 4 aromatic rings. The Bertz CT molecular complexity index is 1710. The number of amides is 1. The Morgan fingerprint density at radius 2 is 2.05 bits per heavy atom. The number of carbonyl (C=O) groups excluding carboxylic acids is 1. The van der Waals surface area contributed by atoms with Crippen molar-refractivity contribution >= 4 is 41.0 Å². The smallest absolute Gasteiger partial charge is 0.246 e. The molecule has 208 valence electrons. The molecular weight excluding hydrogens is 516 g/mol. The summed E-state index contributed by atoms with van der Waals surface area (Å²) in [4.78, 5) is 37.1. The second-order valence-corrected chi connectivity index (χ2v) is 10.5. The zero-order chi connectivity index (χ0) is 28.7. The standard InChI is InChI=1S/C31H32N8O2/c1-6-28(40)39-20-8-11-26(39)22(14-20)23-9-10-24(32-3)29(37-23)30(33-4)36-19-7-12-27(18(2)13-19)41-21-15-25-31(34-16-21)38(5)17-35-25/h6-7,9-10,12-13,15-17,20,22,26H,1,3,8,11,14H2,2,4-5H3,(H,33,36)/t20-,22+,26+/m1/s1. The van der Waals surface area contributed by atoms with Gasteiger partial charge in [-0.1, -0.05) is 6.58 Å². The van der Waals surface area contributed by atoms with E-state index in [4.69, 9.17) is 9.72 Å². The lowest BCUT2D eigenvalue weighted by Crippen LogP contribution is -2.34. The zero-order valence-electron chi connectivity index (χ0n) is 23.4. The van der Waals surface area contributed by atoms with Gasteiger partial charge in [-0.25, -0.2) is 15.0 Å². The summed E-state index contributed by atoms with van der Waals surface area (Å²) in [5.74, 6) is 2.07. The molecule has 0 aliphatic carbocycles. The lowest BCUT2D eigenvalue weighted by molar-refractivity contribution is -0.127. The Morgan fingerprint density at radius 1 is 1.20 bits per heavy atom. The molecule has 0 spiro atoms. The number of carbonyl (C=O) groups is 1. The number of imidazole rings is 1. The van der Waals surface area contributed by atoms with Crippen LogP contribution >= 0.6 is 0 Å². The summed E-state index contributed by atoms with van der Waals surface area (Å²) >= 11 is 0. The van der Waals surface area contributed by atoms with Crippen LogP contribution in [0.4, 0.5) is 11.4 Å². The third kappa shape index (κ3) is 4.75. The van der Waals surface area contributed by atoms with Crippen molar-refractivity contribution in [1.82, 2.24) is 24.4 Å². The monoisotopic (exact) mass is 548 g/mol. The number of aryl methyl sites for hydroxylation is 2. The van der Waals surface area contributed by atoms with E-state index in [2.05, 4.69) is 38.6 Å². The number of ether oxygens (including phenoxy) is 1. The first-order chi connectivity index (χ1) is 19.9. The van der Waals surface area contributed by atoms with Crippen molar-refractivity contribution in [3.8, 4) is 11.5 Å². The Labute approximate surface area is 238 Å². The molecule has 3 aromatic heterocycles. The number of pyridine rings is 2. The number of rotatable bonds is 7. The van der Waals surface area contributed by atoms with Crippen LogP contribution in [0.5, 0.6) is 11.5 Å². The molecule has 41 heavy (non-hydrogen) atoms. The molecule has 5 heterocycles. The van der Waals surface area contributed by atoms with E-state index in [1.165, 1.54) is 6.08 Å². The largest absolute Gasteiger partial charge is 0.455 e. The molecule has 1 amide bonds. The van der Waals surface area contributed by atoms with Crippen molar-refractivity contribution in [1.29, 1.82) is 0 Å². The molecule has 10 heteroatoms. The van der Waals surface area contributed by atoms with E-state index >= 15 is 0 Å². The molecule has 0 radical (unpaired) electrons. The maximum atomic E-state index is 12.5. The average Bonchev–Trinajstić information content (AvgIpc) is 3.69. The SMILES string of the molecule is C=CC(=O)N1[C@@H]2CC[C@H]1[C@H](c1ccc(N=C)c(/C(=N\C)Nc3ccc(Oc4cnc5c(c4)ncn5C)c(C)c3)n1)C2. The third-order valence-corrected chi connectivity index (χ3v) is 8.05. The van der Waals surface area contributed by atoms with Gasteiger partial charge in [-0.15, -0.1) is 0 Å². The number of hydrogen-bond acceptors (Lipinski definition) is 7. The molecule has 2 fully saturated rings. The second kappa shape index (κ2) is 10.6. The van der Waals surface area contributed by atoms with E-state index in [0.29, 0.717) is 28.7 Å². The fourth-order valence-corrected chi connectivity index (χ4v) is 6.11. The van der Waals surface area contributed by atoms with Gasteiger partial charge < -0.3 is 19.5 Å². The number of aromatic nitrogens is 4. The lowest BCUT2D eigenvalue weighted by atomic mass is 9.86. The Morgan fingerprint density at radius 3 is 2.80 bits per heavy atom. The molecular formula is C31H32N8O2. The van der Waals surface area contributed by atoms with Crippen LogP contribution in [0, 0.1) is 6.92 Å². The van der Waals surface area contributed by atoms with E-state index < -0.39 is 0 Å². The van der Waals surface area contributed by atoms with Gasteiger partial charge in [0.15, 0.2) is 11.5 Å². The normalized spacial score (nSPS) is 19.9. The van der Waals surface area contributed by atoms with Crippen molar-refractivity contribution in [2.24, 2.45) is 17.0 Å². The number of aliphatic imine (C=N–C) groups is 2. The maximum absolute atomic E-state index is 12.5. The molecule has 6 rings (SSSR count). The minimum Gasteiger partial charge on any atom is -0.455 e. The Hall–Kier alpha value is -4.86. The summed E-state index contributed by atoms with van der Waals surface area (Å²) in [5.41, 5.74) is 5.53. The first kappa shape index (κ1) is 26.4. The molecule has 10 nitrogen and oxygen atoms in total. The van der Waals surface area contributed by atoms with Crippen LogP contribution in [0.25, 0.3) is 11.2 Å². The van der Waals surface area contributed by atoms with Gasteiger partial charge in [0.2, 0.25) is 5.91 Å². The number of nitrogens with zero attached hydrogens (tertiary/aromatic N) is 7. The first-order valence-electron chi connectivity index (χ1n) is 13.6. The molecule has 2 saturated heterocycles. The van der Waals surface area contributed by atoms with E-state index in [1.54, 1.807) is 19.6 Å². The van der Waals surface area contributed by atoms with Crippen LogP contribution in [0.3, 0.4) is 0 Å². The van der Waals surface area contributed by atoms with Crippen LogP contribution in [0.2, 0.25) is 0 Å². The summed E-state index contributed by atoms with van der Waals surface area (Å²) in [7, 11) is 3.63. The van der Waals surface area contributed by atoms with Crippen LogP contribution in [-0.2, 0) is 11.8 Å². The van der Waals surface area contributed by atoms with Crippen LogP contribution < -0.4 is 10.1 Å². The molecule has 2 aliphatic rings. The predicted molar refractivity (Wildman–Crippen MR) is 161 cm³/mol. The molecule has 3 atom stereocenters. The van der Waals surface area contributed by atoms with Crippen LogP contribution in [0.15, 0.2) is 71.6 Å². The van der Waals surface area contributed by atoms with E-state index in [0.717, 1.165) is 47.4 Å². The predicted octanol–water partition coefficient (Wildman–Crippen LogP) is 5.32. The molecule has 0 saturated carbocycles. The van der Waals surface area contributed by atoms with E-state index in [9.17, 15) is 4.79 Å². The number of fused-ring (bicyclic) bond motifs is 3. The molecule has 0 unspecified atom stereocenters. The van der Waals surface area contributed by atoms with Gasteiger partial charge in [-0.2, -0.15) is 0 Å². The summed E-state index contributed by atoms with van der Waals surface area (Å²) in [6.45, 7) is 9.42. The molecule has 2 aliphatic heterocycles. The number of amidine groups is 1. The fourth-order valence-electron chi connectivity index (χ4n) is 6.11. The van der Waals surface area contributed by atoms with E-state index in [-0.39, 0.29) is 23.9 Å². The summed E-state index contributed by atoms with van der Waals surface area (Å²) in [5, 5.41) is 3.41. The highest BCUT2D eigenvalue weighted by molar-refractivity contribution is 6.10. The number of benzene rings is 1. The van der Waals surface area contributed by atoms with Gasteiger partial charge >= 0.3 is 0 Å². The van der Waals surface area contributed by atoms with Crippen molar-refractivity contribution in [3.63, 3.8) is 0 Å². The minimum absolute atomic E-state index is 0.00146. The first-order valence-corrected chi connectivity index (χ1v) is 13.6. The van der Waals surface area contributed by atoms with Gasteiger partial charge in [0.05, 0.1) is 18.2 Å². The Balaban J connectivity index is 1.23. The van der Waals surface area contributed by atoms with E-state index in [1.807, 2.05) is 59.8 Å². The summed E-state index contributed by atoms with van der Waals surface area (Å²) in [6, 6.07) is 12.0. The van der Waals surface area contributed by atoms with Crippen molar-refractivity contribution in [2.75, 3.05) is 12.4 Å². The van der Waals surface area contributed by atoms with Crippen molar-refractivity contribution < 1.29 is 9.53 Å². The lowest BCUT2D eigenvalue weighted by Gasteiger charge is -2.23. The van der Waals surface area contributed by atoms with Gasteiger partial charge in [0.25, 0.3) is 0 Å². The number of anilines is 1. The minimum atomic E-state index is -0.00146. The third-order valence-electron chi connectivity index (χ3n) is 8.05. The van der Waals surface area contributed by atoms with Gasteiger partial charge in [0, 0.05) is 49.5 Å². The summed E-state index contributed by atoms with van der Waals surface area (Å²) < 4.78 is 7.99. The van der Waals surface area contributed by atoms with Crippen LogP contribution in [0.1, 0.15) is 42.1 Å². The van der Waals surface area contributed by atoms with Gasteiger partial charge in [-0.3, -0.25) is 14.8 Å². The quantitative estimate of drug-likeness (QED) is 0.190. The van der Waals surface area contributed by atoms with Crippen molar-refractivity contribution in [3.05, 3.63) is 78.5 Å². The fraction of sp³-hybridized carbons (Fsp3) is 0.290. The van der Waals surface area contributed by atoms with Gasteiger partial charge in [-0.05, 0) is 74.9 Å². The molecule has 1 N–H and O–H groups in total. The number of hydrogen-bond donors (Lipinski definition) is 1. The van der Waals surface area contributed by atoms with Crippen molar-refractivity contribution in [2.45, 2.75) is 44.2 Å². The maximum Gasteiger partial charge on any atom is 0.246 e. The zero-order valence-corrected chi connectivity index (χ0v) is 23.4. The highest BCUT2D eigenvalue weighted by atomic mass is 16.5. The number of nitrogens with one attached hydrogen (secondary N) is 1. The van der Waals surface area contributed by atoms with Crippen LogP contribution in [-0.4, -0.2) is 62.0 Å². The highest BCUT2D eigenvalue weighted by Crippen LogP contribution is 2.46. The molecule has 1 aromatic carbocycles. The second-order valence-electron chi connectivity index (χ2n) is 10.5. The molecule has 2 bridgehead atoms. The highest BCUT2D eigenvalue weighted by Gasteiger charge is 2.48. The summed E-state index contributed by atoms with van der Waals surface area (Å²) in [6.07, 6.45) is 7.73.